The number of benzene rings is 1. The first-order valence-corrected chi connectivity index (χ1v) is 7.47. The van der Waals surface area contributed by atoms with Gasteiger partial charge in [0.2, 0.25) is 0 Å². The van der Waals surface area contributed by atoms with Gasteiger partial charge in [-0.05, 0) is 51.6 Å². The molecular weight excluding hydrogens is 266 g/mol. The van der Waals surface area contributed by atoms with Crippen LogP contribution >= 0.6 is 0 Å². The van der Waals surface area contributed by atoms with E-state index in [2.05, 4.69) is 34.3 Å². The predicted octanol–water partition coefficient (Wildman–Crippen LogP) is 2.68. The minimum absolute atomic E-state index is 0.318. The lowest BCUT2D eigenvalue weighted by atomic mass is 9.89. The van der Waals surface area contributed by atoms with Gasteiger partial charge in [-0.25, -0.2) is 0 Å². The van der Waals surface area contributed by atoms with Gasteiger partial charge in [-0.2, -0.15) is 0 Å². The van der Waals surface area contributed by atoms with E-state index in [1.807, 2.05) is 26.8 Å². The third-order valence-electron chi connectivity index (χ3n) is 3.37. The number of rotatable bonds is 3. The first kappa shape index (κ1) is 17.7. The van der Waals surface area contributed by atoms with E-state index < -0.39 is 0 Å². The zero-order valence-electron chi connectivity index (χ0n) is 13.2. The Labute approximate surface area is 127 Å². The molecule has 0 spiro atoms. The Morgan fingerprint density at radius 3 is 2.48 bits per heavy atom. The van der Waals surface area contributed by atoms with Gasteiger partial charge in [0.15, 0.2) is 0 Å². The predicted molar refractivity (Wildman–Crippen MR) is 83.9 cm³/mol. The van der Waals surface area contributed by atoms with Crippen molar-refractivity contribution in [2.24, 2.45) is 5.92 Å². The largest absolute Gasteiger partial charge is 0.462 e. The fraction of sp³-hybridized carbons (Fsp3) is 0.588. The summed E-state index contributed by atoms with van der Waals surface area (Å²) in [7, 11) is 0. The zero-order chi connectivity index (χ0) is 15.7. The van der Waals surface area contributed by atoms with Gasteiger partial charge in [0, 0.05) is 12.6 Å². The highest BCUT2D eigenvalue weighted by Crippen LogP contribution is 2.26. The van der Waals surface area contributed by atoms with Gasteiger partial charge in [-0.15, -0.1) is 0 Å². The van der Waals surface area contributed by atoms with Gasteiger partial charge in [0.25, 0.3) is 6.47 Å². The summed E-state index contributed by atoms with van der Waals surface area (Å²) in [5.74, 6) is 0.474. The minimum Gasteiger partial charge on any atom is -0.462 e. The molecular formula is C17H27NO3. The first-order chi connectivity index (χ1) is 9.96. The fourth-order valence-electron chi connectivity index (χ4n) is 2.25. The third kappa shape index (κ3) is 7.25. The lowest BCUT2D eigenvalue weighted by Crippen LogP contribution is -2.32. The molecule has 118 valence electrons. The molecule has 4 nitrogen and oxygen atoms in total. The number of hydrogen-bond acceptors (Lipinski definition) is 4. The molecule has 0 amide bonds. The quantitative estimate of drug-likeness (QED) is 0.841. The van der Waals surface area contributed by atoms with E-state index in [9.17, 15) is 4.79 Å². The second-order valence-corrected chi connectivity index (χ2v) is 6.32. The second kappa shape index (κ2) is 8.80. The Kier molecular flexibility index (Phi) is 7.40. The van der Waals surface area contributed by atoms with Crippen molar-refractivity contribution in [3.63, 3.8) is 0 Å². The molecule has 0 bridgehead atoms. The van der Waals surface area contributed by atoms with Crippen molar-refractivity contribution in [1.82, 2.24) is 5.32 Å². The van der Waals surface area contributed by atoms with Crippen LogP contribution in [-0.4, -0.2) is 30.3 Å². The molecule has 1 heterocycles. The van der Waals surface area contributed by atoms with Crippen molar-refractivity contribution < 1.29 is 14.6 Å². The van der Waals surface area contributed by atoms with Crippen LogP contribution in [0.4, 0.5) is 0 Å². The Morgan fingerprint density at radius 1 is 1.33 bits per heavy atom. The summed E-state index contributed by atoms with van der Waals surface area (Å²) >= 11 is 0. The van der Waals surface area contributed by atoms with E-state index in [1.54, 1.807) is 0 Å². The molecule has 1 aliphatic heterocycles. The van der Waals surface area contributed by atoms with Crippen LogP contribution in [0.2, 0.25) is 0 Å². The highest BCUT2D eigenvalue weighted by atomic mass is 16.5. The molecule has 4 heteroatoms. The molecule has 2 unspecified atom stereocenters. The molecule has 1 aromatic carbocycles. The first-order valence-electron chi connectivity index (χ1n) is 7.47. The lowest BCUT2D eigenvalue weighted by Gasteiger charge is -2.29. The smallest absolute Gasteiger partial charge is 0.293 e. The van der Waals surface area contributed by atoms with Crippen molar-refractivity contribution in [2.45, 2.75) is 45.3 Å². The van der Waals surface area contributed by atoms with Crippen LogP contribution < -0.4 is 5.32 Å². The summed E-state index contributed by atoms with van der Waals surface area (Å²) in [6.45, 7) is 7.26. The summed E-state index contributed by atoms with van der Waals surface area (Å²) in [5, 5.41) is 12.6. The number of nitrogens with one attached hydrogen (secondary N) is 1. The number of ether oxygens (including phenoxy) is 1. The number of hydrogen-bond donors (Lipinski definition) is 2. The summed E-state index contributed by atoms with van der Waals surface area (Å²) in [4.78, 5) is 9.60. The van der Waals surface area contributed by atoms with Crippen LogP contribution in [0, 0.1) is 5.92 Å². The third-order valence-corrected chi connectivity index (χ3v) is 3.37. The molecule has 21 heavy (non-hydrogen) atoms. The molecule has 1 fully saturated rings. The molecule has 2 N–H and O–H groups in total. The number of aliphatic hydroxyl groups excluding tert-OH is 1. The SMILES string of the molecule is CC(C)(C)OC=O.OCC1CCNC(c2ccccc2)C1. The zero-order valence-corrected chi connectivity index (χ0v) is 13.2. The van der Waals surface area contributed by atoms with Crippen LogP contribution in [0.25, 0.3) is 0 Å². The summed E-state index contributed by atoms with van der Waals surface area (Å²) < 4.78 is 4.55. The molecule has 1 saturated heterocycles. The summed E-state index contributed by atoms with van der Waals surface area (Å²) in [6.07, 6.45) is 2.15. The van der Waals surface area contributed by atoms with Crippen molar-refractivity contribution in [3.05, 3.63) is 35.9 Å². The van der Waals surface area contributed by atoms with Gasteiger partial charge in [0.1, 0.15) is 5.60 Å². The van der Waals surface area contributed by atoms with Crippen LogP contribution in [0.3, 0.4) is 0 Å². The Bertz CT molecular complexity index is 400. The average Bonchev–Trinajstić information content (AvgIpc) is 2.48. The number of carbonyl (C=O) groups is 1. The van der Waals surface area contributed by atoms with Crippen LogP contribution in [0.5, 0.6) is 0 Å². The molecule has 0 aliphatic carbocycles. The Morgan fingerprint density at radius 2 is 2.00 bits per heavy atom. The van der Waals surface area contributed by atoms with E-state index in [0.717, 1.165) is 19.4 Å². The normalized spacial score (nSPS) is 21.9. The van der Waals surface area contributed by atoms with E-state index in [0.29, 0.717) is 25.0 Å². The van der Waals surface area contributed by atoms with Crippen molar-refractivity contribution in [1.29, 1.82) is 0 Å². The fourth-order valence-corrected chi connectivity index (χ4v) is 2.25. The van der Waals surface area contributed by atoms with Crippen molar-refractivity contribution in [2.75, 3.05) is 13.2 Å². The molecule has 1 aliphatic rings. The standard InChI is InChI=1S/C12H17NO.C5H10O2/c14-9-10-6-7-13-12(8-10)11-4-2-1-3-5-11;1-5(2,3)7-4-6/h1-5,10,12-14H,6-9H2;4H,1-3H3. The number of piperidine rings is 1. The maximum atomic E-state index is 9.60. The van der Waals surface area contributed by atoms with Gasteiger partial charge in [-0.3, -0.25) is 4.79 Å². The van der Waals surface area contributed by atoms with E-state index >= 15 is 0 Å². The van der Waals surface area contributed by atoms with Gasteiger partial charge >= 0.3 is 0 Å². The lowest BCUT2D eigenvalue weighted by molar-refractivity contribution is -0.138. The van der Waals surface area contributed by atoms with E-state index in [-0.39, 0.29) is 5.60 Å². The van der Waals surface area contributed by atoms with Crippen molar-refractivity contribution in [3.8, 4) is 0 Å². The molecule has 1 aromatic rings. The van der Waals surface area contributed by atoms with Gasteiger partial charge in [-0.1, -0.05) is 30.3 Å². The maximum Gasteiger partial charge on any atom is 0.293 e. The highest BCUT2D eigenvalue weighted by molar-refractivity contribution is 5.37. The molecule has 2 atom stereocenters. The van der Waals surface area contributed by atoms with Gasteiger partial charge < -0.3 is 15.2 Å². The van der Waals surface area contributed by atoms with E-state index in [4.69, 9.17) is 5.11 Å². The van der Waals surface area contributed by atoms with Crippen LogP contribution in [-0.2, 0) is 9.53 Å². The minimum atomic E-state index is -0.318. The molecule has 0 saturated carbocycles. The van der Waals surface area contributed by atoms with Crippen molar-refractivity contribution >= 4 is 6.47 Å². The second-order valence-electron chi connectivity index (χ2n) is 6.32. The number of carbonyl (C=O) groups excluding carboxylic acids is 1. The summed E-state index contributed by atoms with van der Waals surface area (Å²) in [5.41, 5.74) is 1.02. The monoisotopic (exact) mass is 293 g/mol. The number of aliphatic hydroxyl groups is 1. The van der Waals surface area contributed by atoms with Gasteiger partial charge in [0.05, 0.1) is 0 Å². The highest BCUT2D eigenvalue weighted by Gasteiger charge is 2.21. The summed E-state index contributed by atoms with van der Waals surface area (Å²) in [6, 6.07) is 10.9. The van der Waals surface area contributed by atoms with Crippen LogP contribution in [0.1, 0.15) is 45.2 Å². The van der Waals surface area contributed by atoms with Crippen LogP contribution in [0.15, 0.2) is 30.3 Å². The Hall–Kier alpha value is -1.39. The molecule has 0 aromatic heterocycles. The molecule has 2 rings (SSSR count). The Balaban J connectivity index is 0.000000270. The maximum absolute atomic E-state index is 9.60. The average molecular weight is 293 g/mol. The molecule has 0 radical (unpaired) electrons. The topological polar surface area (TPSA) is 58.6 Å². The van der Waals surface area contributed by atoms with E-state index in [1.165, 1.54) is 5.56 Å².